The van der Waals surface area contributed by atoms with Crippen LogP contribution < -0.4 is 15.4 Å². The van der Waals surface area contributed by atoms with Gasteiger partial charge in [0.05, 0.1) is 7.11 Å². The van der Waals surface area contributed by atoms with Gasteiger partial charge in [0, 0.05) is 18.7 Å². The molecule has 5 heteroatoms. The van der Waals surface area contributed by atoms with E-state index >= 15 is 0 Å². The van der Waals surface area contributed by atoms with Crippen molar-refractivity contribution in [3.05, 3.63) is 41.7 Å². The lowest BCUT2D eigenvalue weighted by molar-refractivity contribution is 0.410. The fraction of sp³-hybridized carbons (Fsp3) is 0.474. The molecule has 0 aliphatic heterocycles. The van der Waals surface area contributed by atoms with Crippen molar-refractivity contribution in [1.29, 1.82) is 0 Å². The van der Waals surface area contributed by atoms with Crippen LogP contribution in [0.25, 0.3) is 0 Å². The predicted molar refractivity (Wildman–Crippen MR) is 97.8 cm³/mol. The molecule has 5 nitrogen and oxygen atoms in total. The third-order valence-corrected chi connectivity index (χ3v) is 4.44. The van der Waals surface area contributed by atoms with Crippen molar-refractivity contribution < 1.29 is 4.74 Å². The first kappa shape index (κ1) is 16.6. The highest BCUT2D eigenvalue weighted by Gasteiger charge is 2.15. The van der Waals surface area contributed by atoms with Gasteiger partial charge < -0.3 is 15.4 Å². The first-order valence-electron chi connectivity index (χ1n) is 8.72. The lowest BCUT2D eigenvalue weighted by atomic mass is 10.1. The van der Waals surface area contributed by atoms with Crippen LogP contribution in [0.15, 0.2) is 30.3 Å². The van der Waals surface area contributed by atoms with E-state index in [-0.39, 0.29) is 0 Å². The molecule has 0 unspecified atom stereocenters. The van der Waals surface area contributed by atoms with E-state index in [2.05, 4.69) is 26.7 Å². The van der Waals surface area contributed by atoms with Crippen LogP contribution >= 0.6 is 0 Å². The average molecular weight is 326 g/mol. The third-order valence-electron chi connectivity index (χ3n) is 4.44. The van der Waals surface area contributed by atoms with E-state index in [4.69, 9.17) is 4.74 Å². The number of hydrogen-bond acceptors (Lipinski definition) is 5. The molecule has 0 amide bonds. The van der Waals surface area contributed by atoms with Crippen LogP contribution in [0.5, 0.6) is 5.75 Å². The smallest absolute Gasteiger partial charge is 0.132 e. The zero-order valence-electron chi connectivity index (χ0n) is 14.5. The number of para-hydroxylation sites is 1. The van der Waals surface area contributed by atoms with Crippen molar-refractivity contribution in [3.63, 3.8) is 0 Å². The summed E-state index contributed by atoms with van der Waals surface area (Å²) in [5.74, 6) is 3.52. The Balaban J connectivity index is 1.59. The Kier molecular flexibility index (Phi) is 5.51. The van der Waals surface area contributed by atoms with E-state index in [0.717, 1.165) is 36.2 Å². The summed E-state index contributed by atoms with van der Waals surface area (Å²) in [4.78, 5) is 9.00. The molecule has 24 heavy (non-hydrogen) atoms. The molecular weight excluding hydrogens is 300 g/mol. The Morgan fingerprint density at radius 3 is 2.67 bits per heavy atom. The fourth-order valence-corrected chi connectivity index (χ4v) is 3.25. The van der Waals surface area contributed by atoms with Crippen molar-refractivity contribution in [3.8, 4) is 5.75 Å². The summed E-state index contributed by atoms with van der Waals surface area (Å²) in [7, 11) is 1.71. The molecule has 3 rings (SSSR count). The van der Waals surface area contributed by atoms with Gasteiger partial charge in [-0.3, -0.25) is 0 Å². The maximum atomic E-state index is 5.40. The van der Waals surface area contributed by atoms with Gasteiger partial charge in [-0.2, -0.15) is 0 Å². The molecule has 1 fully saturated rings. The number of methoxy groups -OCH3 is 1. The van der Waals surface area contributed by atoms with Gasteiger partial charge in [0.15, 0.2) is 0 Å². The highest BCUT2D eigenvalue weighted by Crippen LogP contribution is 2.22. The maximum absolute atomic E-state index is 5.40. The minimum absolute atomic E-state index is 0.556. The highest BCUT2D eigenvalue weighted by molar-refractivity contribution is 5.48. The fourth-order valence-electron chi connectivity index (χ4n) is 3.25. The largest absolute Gasteiger partial charge is 0.496 e. The monoisotopic (exact) mass is 326 g/mol. The number of nitrogens with one attached hydrogen (secondary N) is 2. The summed E-state index contributed by atoms with van der Waals surface area (Å²) in [6.07, 6.45) is 5.98. The van der Waals surface area contributed by atoms with Gasteiger partial charge >= 0.3 is 0 Å². The van der Waals surface area contributed by atoms with E-state index < -0.39 is 0 Å². The summed E-state index contributed by atoms with van der Waals surface area (Å²) in [6.45, 7) is 2.74. The second kappa shape index (κ2) is 7.99. The van der Waals surface area contributed by atoms with Gasteiger partial charge in [0.1, 0.15) is 23.2 Å². The van der Waals surface area contributed by atoms with Crippen LogP contribution in [0.1, 0.15) is 37.1 Å². The number of rotatable bonds is 7. The molecule has 1 aromatic carbocycles. The molecule has 1 saturated carbocycles. The Morgan fingerprint density at radius 1 is 1.12 bits per heavy atom. The minimum atomic E-state index is 0.556. The van der Waals surface area contributed by atoms with E-state index in [1.165, 1.54) is 31.2 Å². The molecular formula is C19H26N4O. The van der Waals surface area contributed by atoms with Gasteiger partial charge in [0.2, 0.25) is 0 Å². The summed E-state index contributed by atoms with van der Waals surface area (Å²) in [5, 5.41) is 6.94. The molecule has 0 spiro atoms. The first-order chi connectivity index (χ1) is 11.7. The third kappa shape index (κ3) is 4.37. The zero-order valence-corrected chi connectivity index (χ0v) is 14.5. The van der Waals surface area contributed by atoms with Gasteiger partial charge in [-0.25, -0.2) is 9.97 Å². The van der Waals surface area contributed by atoms with Crippen LogP contribution in [-0.2, 0) is 6.42 Å². The SMILES string of the molecule is COc1ccccc1CCNc1cc(NC2CCCC2)nc(C)n1. The molecule has 0 saturated heterocycles. The van der Waals surface area contributed by atoms with Crippen LogP contribution in [0.4, 0.5) is 11.6 Å². The number of anilines is 2. The Morgan fingerprint density at radius 2 is 1.88 bits per heavy atom. The summed E-state index contributed by atoms with van der Waals surface area (Å²) < 4.78 is 5.40. The van der Waals surface area contributed by atoms with E-state index in [9.17, 15) is 0 Å². The van der Waals surface area contributed by atoms with Crippen LogP contribution in [0.3, 0.4) is 0 Å². The lowest BCUT2D eigenvalue weighted by Gasteiger charge is -2.14. The van der Waals surface area contributed by atoms with E-state index in [1.54, 1.807) is 7.11 Å². The van der Waals surface area contributed by atoms with Gasteiger partial charge in [0.25, 0.3) is 0 Å². The number of hydrogen-bond donors (Lipinski definition) is 2. The normalized spacial score (nSPS) is 14.6. The van der Waals surface area contributed by atoms with Gasteiger partial charge in [-0.15, -0.1) is 0 Å². The van der Waals surface area contributed by atoms with E-state index in [0.29, 0.717) is 6.04 Å². The van der Waals surface area contributed by atoms with Crippen molar-refractivity contribution in [2.45, 2.75) is 45.1 Å². The van der Waals surface area contributed by atoms with Crippen molar-refractivity contribution in [1.82, 2.24) is 9.97 Å². The lowest BCUT2D eigenvalue weighted by Crippen LogP contribution is -2.17. The summed E-state index contributed by atoms with van der Waals surface area (Å²) >= 11 is 0. The molecule has 128 valence electrons. The van der Waals surface area contributed by atoms with Crippen LogP contribution in [0, 0.1) is 6.92 Å². The first-order valence-corrected chi connectivity index (χ1v) is 8.72. The molecule has 0 bridgehead atoms. The molecule has 2 aromatic rings. The molecule has 1 aliphatic rings. The zero-order chi connectivity index (χ0) is 16.8. The number of benzene rings is 1. The van der Waals surface area contributed by atoms with Crippen LogP contribution in [-0.4, -0.2) is 29.7 Å². The number of nitrogens with zero attached hydrogens (tertiary/aromatic N) is 2. The number of aromatic nitrogens is 2. The summed E-state index contributed by atoms with van der Waals surface area (Å²) in [6, 6.07) is 10.7. The highest BCUT2D eigenvalue weighted by atomic mass is 16.5. The topological polar surface area (TPSA) is 59.1 Å². The number of ether oxygens (including phenoxy) is 1. The Labute approximate surface area is 143 Å². The van der Waals surface area contributed by atoms with Crippen molar-refractivity contribution in [2.75, 3.05) is 24.3 Å². The molecule has 2 N–H and O–H groups in total. The van der Waals surface area contributed by atoms with Gasteiger partial charge in [-0.05, 0) is 37.8 Å². The standard InChI is InChI=1S/C19H26N4O/c1-14-21-18(13-19(22-14)23-16-8-4-5-9-16)20-12-11-15-7-3-6-10-17(15)24-2/h3,6-7,10,13,16H,4-5,8-9,11-12H2,1-2H3,(H2,20,21,22,23). The Bertz CT molecular complexity index is 668. The molecule has 0 radical (unpaired) electrons. The maximum Gasteiger partial charge on any atom is 0.132 e. The van der Waals surface area contributed by atoms with Crippen molar-refractivity contribution in [2.24, 2.45) is 0 Å². The van der Waals surface area contributed by atoms with Crippen molar-refractivity contribution >= 4 is 11.6 Å². The second-order valence-electron chi connectivity index (χ2n) is 6.30. The molecule has 1 heterocycles. The molecule has 0 atom stereocenters. The quantitative estimate of drug-likeness (QED) is 0.810. The Hall–Kier alpha value is -2.30. The molecule has 1 aliphatic carbocycles. The average Bonchev–Trinajstić information content (AvgIpc) is 3.08. The number of aryl methyl sites for hydroxylation is 1. The summed E-state index contributed by atoms with van der Waals surface area (Å²) in [5.41, 5.74) is 1.20. The van der Waals surface area contributed by atoms with Gasteiger partial charge in [-0.1, -0.05) is 31.0 Å². The second-order valence-corrected chi connectivity index (χ2v) is 6.30. The molecule has 1 aromatic heterocycles. The van der Waals surface area contributed by atoms with E-state index in [1.807, 2.05) is 31.2 Å². The minimum Gasteiger partial charge on any atom is -0.496 e. The predicted octanol–water partition coefficient (Wildman–Crippen LogP) is 3.80. The van der Waals surface area contributed by atoms with Crippen LogP contribution in [0.2, 0.25) is 0 Å².